The Morgan fingerprint density at radius 2 is 2.18 bits per heavy atom. The van der Waals surface area contributed by atoms with E-state index in [0.29, 0.717) is 12.6 Å². The predicted octanol–water partition coefficient (Wildman–Crippen LogP) is 1.63. The summed E-state index contributed by atoms with van der Waals surface area (Å²) in [6.45, 7) is 1.14. The number of carbonyl (C=O) groups excluding carboxylic acids is 1. The maximum atomic E-state index is 11.1. The maximum absolute atomic E-state index is 11.1. The van der Waals surface area contributed by atoms with E-state index < -0.39 is 0 Å². The quantitative estimate of drug-likeness (QED) is 0.763. The third-order valence-electron chi connectivity index (χ3n) is 4.02. The monoisotopic (exact) mass is 241 g/mol. The standard InChI is InChI=1S/C13H23NO3/c1-16-12(15)10-14-11-5-8-17-13(9-11)6-3-2-4-7-13/h11,14H,2-10H2,1H3. The van der Waals surface area contributed by atoms with E-state index >= 15 is 0 Å². The van der Waals surface area contributed by atoms with Crippen LogP contribution in [-0.2, 0) is 14.3 Å². The minimum Gasteiger partial charge on any atom is -0.468 e. The first-order chi connectivity index (χ1) is 8.24. The van der Waals surface area contributed by atoms with Crippen molar-refractivity contribution in [3.05, 3.63) is 0 Å². The average Bonchev–Trinajstić information content (AvgIpc) is 2.37. The van der Waals surface area contributed by atoms with Gasteiger partial charge in [-0.1, -0.05) is 19.3 Å². The molecule has 0 radical (unpaired) electrons. The molecule has 4 heteroatoms. The second-order valence-corrected chi connectivity index (χ2v) is 5.24. The smallest absolute Gasteiger partial charge is 0.319 e. The molecule has 1 atom stereocenters. The van der Waals surface area contributed by atoms with Crippen LogP contribution in [0, 0.1) is 0 Å². The van der Waals surface area contributed by atoms with E-state index in [9.17, 15) is 4.79 Å². The fourth-order valence-electron chi connectivity index (χ4n) is 3.05. The Bertz CT molecular complexity index is 256. The van der Waals surface area contributed by atoms with Gasteiger partial charge in [0, 0.05) is 12.6 Å². The Hall–Kier alpha value is -0.610. The number of nitrogens with one attached hydrogen (secondary N) is 1. The second kappa shape index (κ2) is 5.83. The highest BCUT2D eigenvalue weighted by Gasteiger charge is 2.38. The number of rotatable bonds is 3. The molecule has 0 bridgehead atoms. The Morgan fingerprint density at radius 1 is 1.41 bits per heavy atom. The SMILES string of the molecule is COC(=O)CNC1CCOC2(CCCCC2)C1. The first-order valence-electron chi connectivity index (χ1n) is 6.68. The van der Waals surface area contributed by atoms with Gasteiger partial charge in [-0.05, 0) is 25.7 Å². The van der Waals surface area contributed by atoms with Crippen LogP contribution >= 0.6 is 0 Å². The van der Waals surface area contributed by atoms with Crippen molar-refractivity contribution in [1.82, 2.24) is 5.32 Å². The minimum absolute atomic E-state index is 0.101. The summed E-state index contributed by atoms with van der Waals surface area (Å²) in [4.78, 5) is 11.1. The lowest BCUT2D eigenvalue weighted by Crippen LogP contribution is -2.49. The number of ether oxygens (including phenoxy) is 2. The third-order valence-corrected chi connectivity index (χ3v) is 4.02. The number of esters is 1. The average molecular weight is 241 g/mol. The van der Waals surface area contributed by atoms with Gasteiger partial charge < -0.3 is 14.8 Å². The number of hydrogen-bond donors (Lipinski definition) is 1. The van der Waals surface area contributed by atoms with Gasteiger partial charge in [-0.15, -0.1) is 0 Å². The molecule has 1 spiro atoms. The molecule has 17 heavy (non-hydrogen) atoms. The summed E-state index contributed by atoms with van der Waals surface area (Å²) in [5.74, 6) is -0.186. The van der Waals surface area contributed by atoms with Gasteiger partial charge in [0.15, 0.2) is 0 Å². The Kier molecular flexibility index (Phi) is 4.40. The molecule has 1 saturated heterocycles. The van der Waals surface area contributed by atoms with E-state index in [1.807, 2.05) is 0 Å². The molecule has 0 aromatic rings. The molecule has 1 N–H and O–H groups in total. The first kappa shape index (κ1) is 12.8. The maximum Gasteiger partial charge on any atom is 0.319 e. The van der Waals surface area contributed by atoms with Gasteiger partial charge in [0.25, 0.3) is 0 Å². The minimum atomic E-state index is -0.186. The van der Waals surface area contributed by atoms with Crippen molar-refractivity contribution >= 4 is 5.97 Å². The van der Waals surface area contributed by atoms with E-state index in [0.717, 1.165) is 19.4 Å². The van der Waals surface area contributed by atoms with Gasteiger partial charge in [0.2, 0.25) is 0 Å². The van der Waals surface area contributed by atoms with Crippen LogP contribution in [0.25, 0.3) is 0 Å². The molecule has 4 nitrogen and oxygen atoms in total. The summed E-state index contributed by atoms with van der Waals surface area (Å²) < 4.78 is 10.7. The zero-order valence-corrected chi connectivity index (χ0v) is 10.7. The molecule has 0 amide bonds. The van der Waals surface area contributed by atoms with Gasteiger partial charge in [-0.2, -0.15) is 0 Å². The lowest BCUT2D eigenvalue weighted by Gasteiger charge is -2.43. The van der Waals surface area contributed by atoms with Crippen molar-refractivity contribution in [1.29, 1.82) is 0 Å². The summed E-state index contributed by atoms with van der Waals surface area (Å²) in [7, 11) is 1.43. The number of carbonyl (C=O) groups is 1. The highest BCUT2D eigenvalue weighted by molar-refractivity contribution is 5.71. The van der Waals surface area contributed by atoms with E-state index in [1.165, 1.54) is 39.2 Å². The largest absolute Gasteiger partial charge is 0.468 e. The fraction of sp³-hybridized carbons (Fsp3) is 0.923. The zero-order valence-electron chi connectivity index (χ0n) is 10.7. The van der Waals surface area contributed by atoms with Crippen molar-refractivity contribution in [3.8, 4) is 0 Å². The van der Waals surface area contributed by atoms with Gasteiger partial charge in [-0.25, -0.2) is 0 Å². The van der Waals surface area contributed by atoms with Crippen LogP contribution in [0.2, 0.25) is 0 Å². The van der Waals surface area contributed by atoms with Gasteiger partial charge in [-0.3, -0.25) is 4.79 Å². The summed E-state index contributed by atoms with van der Waals surface area (Å²) in [5, 5.41) is 3.29. The summed E-state index contributed by atoms with van der Waals surface area (Å²) in [6.07, 6.45) is 8.31. The van der Waals surface area contributed by atoms with E-state index in [4.69, 9.17) is 4.74 Å². The lowest BCUT2D eigenvalue weighted by molar-refractivity contribution is -0.140. The van der Waals surface area contributed by atoms with Crippen molar-refractivity contribution in [2.45, 2.75) is 56.6 Å². The molecule has 2 rings (SSSR count). The summed E-state index contributed by atoms with van der Waals surface area (Å²) >= 11 is 0. The van der Waals surface area contributed by atoms with Crippen molar-refractivity contribution in [2.75, 3.05) is 20.3 Å². The molecular formula is C13H23NO3. The third kappa shape index (κ3) is 3.42. The fourth-order valence-corrected chi connectivity index (χ4v) is 3.05. The highest BCUT2D eigenvalue weighted by Crippen LogP contribution is 2.38. The van der Waals surface area contributed by atoms with Crippen LogP contribution < -0.4 is 5.32 Å². The molecule has 2 fully saturated rings. The Balaban J connectivity index is 1.81. The number of methoxy groups -OCH3 is 1. The van der Waals surface area contributed by atoms with Crippen molar-refractivity contribution in [2.24, 2.45) is 0 Å². The molecule has 0 aromatic heterocycles. The van der Waals surface area contributed by atoms with Crippen LogP contribution in [0.1, 0.15) is 44.9 Å². The normalized spacial score (nSPS) is 27.9. The van der Waals surface area contributed by atoms with E-state index in [1.54, 1.807) is 0 Å². The zero-order chi connectivity index (χ0) is 12.1. The first-order valence-corrected chi connectivity index (χ1v) is 6.68. The summed E-state index contributed by atoms with van der Waals surface area (Å²) in [5.41, 5.74) is 0.101. The van der Waals surface area contributed by atoms with E-state index in [2.05, 4.69) is 10.1 Å². The number of hydrogen-bond acceptors (Lipinski definition) is 4. The summed E-state index contributed by atoms with van der Waals surface area (Å²) in [6, 6.07) is 0.404. The predicted molar refractivity (Wildman–Crippen MR) is 64.8 cm³/mol. The Labute approximate surface area is 103 Å². The van der Waals surface area contributed by atoms with Crippen LogP contribution in [0.5, 0.6) is 0 Å². The topological polar surface area (TPSA) is 47.6 Å². The van der Waals surface area contributed by atoms with Gasteiger partial charge in [0.05, 0.1) is 19.3 Å². The van der Waals surface area contributed by atoms with Crippen LogP contribution in [0.4, 0.5) is 0 Å². The molecule has 1 aliphatic carbocycles. The van der Waals surface area contributed by atoms with Gasteiger partial charge in [0.1, 0.15) is 0 Å². The second-order valence-electron chi connectivity index (χ2n) is 5.24. The molecule has 0 aromatic carbocycles. The van der Waals surface area contributed by atoms with Gasteiger partial charge >= 0.3 is 5.97 Å². The molecule has 2 aliphatic rings. The highest BCUT2D eigenvalue weighted by atomic mass is 16.5. The van der Waals surface area contributed by atoms with Crippen LogP contribution in [0.15, 0.2) is 0 Å². The lowest BCUT2D eigenvalue weighted by atomic mass is 9.78. The molecule has 1 aliphatic heterocycles. The molecule has 98 valence electrons. The van der Waals surface area contributed by atoms with Crippen LogP contribution in [0.3, 0.4) is 0 Å². The van der Waals surface area contributed by atoms with Crippen LogP contribution in [-0.4, -0.2) is 37.9 Å². The Morgan fingerprint density at radius 3 is 2.88 bits per heavy atom. The molecule has 1 saturated carbocycles. The molecule has 1 heterocycles. The van der Waals surface area contributed by atoms with E-state index in [-0.39, 0.29) is 11.6 Å². The molecular weight excluding hydrogens is 218 g/mol. The van der Waals surface area contributed by atoms with Crippen molar-refractivity contribution in [3.63, 3.8) is 0 Å². The molecule has 1 unspecified atom stereocenters. The van der Waals surface area contributed by atoms with Crippen molar-refractivity contribution < 1.29 is 14.3 Å².